The molecular formula is C29H36N6O5S. The molecule has 0 saturated heterocycles. The largest absolute Gasteiger partial charge is 0.446 e. The summed E-state index contributed by atoms with van der Waals surface area (Å²) in [7, 11) is 0. The van der Waals surface area contributed by atoms with E-state index in [0.29, 0.717) is 17.8 Å². The maximum Gasteiger partial charge on any atom is 0.273 e. The summed E-state index contributed by atoms with van der Waals surface area (Å²) in [6.45, 7) is 7.65. The van der Waals surface area contributed by atoms with E-state index < -0.39 is 29.8 Å². The average molecular weight is 581 g/mol. The van der Waals surface area contributed by atoms with Crippen LogP contribution in [0.15, 0.2) is 46.4 Å². The summed E-state index contributed by atoms with van der Waals surface area (Å²) >= 11 is 1.29. The Labute approximate surface area is 243 Å². The number of fused-ring (bicyclic) bond motifs is 4. The number of amides is 4. The van der Waals surface area contributed by atoms with Crippen LogP contribution in [0.3, 0.4) is 0 Å². The zero-order chi connectivity index (χ0) is 29.5. The predicted octanol–water partition coefficient (Wildman–Crippen LogP) is 3.28. The first kappa shape index (κ1) is 29.9. The first-order valence-electron chi connectivity index (χ1n) is 13.7. The van der Waals surface area contributed by atoms with Gasteiger partial charge in [-0.25, -0.2) is 9.97 Å². The van der Waals surface area contributed by atoms with Crippen molar-refractivity contribution in [1.29, 1.82) is 0 Å². The maximum absolute atomic E-state index is 13.2. The molecule has 218 valence electrons. The summed E-state index contributed by atoms with van der Waals surface area (Å²) in [4.78, 5) is 62.6. The van der Waals surface area contributed by atoms with Crippen molar-refractivity contribution >= 4 is 35.0 Å². The van der Waals surface area contributed by atoms with Gasteiger partial charge in [-0.2, -0.15) is 0 Å². The molecule has 0 radical (unpaired) electrons. The third-order valence-corrected chi connectivity index (χ3v) is 7.50. The Morgan fingerprint density at radius 3 is 2.49 bits per heavy atom. The molecule has 11 nitrogen and oxygen atoms in total. The van der Waals surface area contributed by atoms with E-state index in [1.165, 1.54) is 22.5 Å². The SMILES string of the molecule is CC(C)C[C@@H]1NC(=O)c2coc(n2)[C@H](Cc2ccccc2)NC(=O)CN(C(=O)C(C)C)CCNC(=O)c2csc1n2. The van der Waals surface area contributed by atoms with Crippen molar-refractivity contribution in [2.75, 3.05) is 19.6 Å². The summed E-state index contributed by atoms with van der Waals surface area (Å²) in [5.74, 6) is -1.41. The number of carbonyl (C=O) groups excluding carboxylic acids is 4. The van der Waals surface area contributed by atoms with Gasteiger partial charge >= 0.3 is 0 Å². The monoisotopic (exact) mass is 580 g/mol. The molecule has 2 aromatic heterocycles. The molecule has 1 aliphatic heterocycles. The number of thiazole rings is 1. The zero-order valence-corrected chi connectivity index (χ0v) is 24.5. The van der Waals surface area contributed by atoms with Crippen LogP contribution in [0.2, 0.25) is 0 Å². The van der Waals surface area contributed by atoms with E-state index in [9.17, 15) is 19.2 Å². The highest BCUT2D eigenvalue weighted by atomic mass is 32.1. The van der Waals surface area contributed by atoms with Crippen LogP contribution < -0.4 is 16.0 Å². The number of nitrogens with one attached hydrogen (secondary N) is 3. The Bertz CT molecular complexity index is 1370. The predicted molar refractivity (Wildman–Crippen MR) is 153 cm³/mol. The minimum absolute atomic E-state index is 0.0633. The lowest BCUT2D eigenvalue weighted by Crippen LogP contribution is -2.46. The van der Waals surface area contributed by atoms with E-state index in [2.05, 4.69) is 25.9 Å². The molecule has 0 fully saturated rings. The second kappa shape index (κ2) is 13.5. The quantitative estimate of drug-likeness (QED) is 0.420. The lowest BCUT2D eigenvalue weighted by molar-refractivity contribution is -0.138. The molecule has 2 atom stereocenters. The van der Waals surface area contributed by atoms with Crippen molar-refractivity contribution in [3.05, 3.63) is 69.8 Å². The van der Waals surface area contributed by atoms with Gasteiger partial charge in [0.1, 0.15) is 23.0 Å². The van der Waals surface area contributed by atoms with E-state index in [-0.39, 0.29) is 54.7 Å². The van der Waals surface area contributed by atoms with Gasteiger partial charge in [-0.15, -0.1) is 11.3 Å². The molecule has 1 aliphatic rings. The molecule has 4 amide bonds. The van der Waals surface area contributed by atoms with Gasteiger partial charge < -0.3 is 25.3 Å². The van der Waals surface area contributed by atoms with Crippen LogP contribution in [0.1, 0.15) is 83.6 Å². The average Bonchev–Trinajstić information content (AvgIpc) is 3.62. The van der Waals surface area contributed by atoms with E-state index >= 15 is 0 Å². The molecule has 41 heavy (non-hydrogen) atoms. The van der Waals surface area contributed by atoms with E-state index in [1.54, 1.807) is 19.2 Å². The molecule has 12 heteroatoms. The fourth-order valence-corrected chi connectivity index (χ4v) is 5.38. The van der Waals surface area contributed by atoms with Crippen LogP contribution in [0.25, 0.3) is 0 Å². The van der Waals surface area contributed by atoms with Crippen molar-refractivity contribution in [2.24, 2.45) is 11.8 Å². The molecule has 1 aromatic carbocycles. The van der Waals surface area contributed by atoms with Crippen LogP contribution >= 0.6 is 11.3 Å². The molecule has 3 heterocycles. The zero-order valence-electron chi connectivity index (χ0n) is 23.7. The van der Waals surface area contributed by atoms with Gasteiger partial charge in [-0.1, -0.05) is 58.0 Å². The van der Waals surface area contributed by atoms with Crippen molar-refractivity contribution in [3.63, 3.8) is 0 Å². The number of carbonyl (C=O) groups is 4. The summed E-state index contributed by atoms with van der Waals surface area (Å²) in [6.07, 6.45) is 2.23. The number of nitrogens with zero attached hydrogens (tertiary/aromatic N) is 3. The van der Waals surface area contributed by atoms with Crippen LogP contribution in [0.5, 0.6) is 0 Å². The number of aromatic nitrogens is 2. The Morgan fingerprint density at radius 2 is 1.78 bits per heavy atom. The Balaban J connectivity index is 1.68. The Hall–Kier alpha value is -4.06. The van der Waals surface area contributed by atoms with Crippen molar-refractivity contribution in [2.45, 2.75) is 52.6 Å². The van der Waals surface area contributed by atoms with Crippen LogP contribution in [-0.2, 0) is 16.0 Å². The highest BCUT2D eigenvalue weighted by Crippen LogP contribution is 2.26. The minimum Gasteiger partial charge on any atom is -0.446 e. The number of oxazole rings is 1. The van der Waals surface area contributed by atoms with Crippen LogP contribution in [-0.4, -0.2) is 58.1 Å². The van der Waals surface area contributed by atoms with E-state index in [1.807, 2.05) is 44.2 Å². The molecule has 0 aliphatic carbocycles. The normalized spacial score (nSPS) is 18.9. The van der Waals surface area contributed by atoms with Gasteiger partial charge in [0.15, 0.2) is 5.69 Å². The molecule has 0 unspecified atom stereocenters. The number of benzene rings is 1. The van der Waals surface area contributed by atoms with Gasteiger partial charge in [0.25, 0.3) is 11.8 Å². The first-order chi connectivity index (χ1) is 19.6. The third-order valence-electron chi connectivity index (χ3n) is 6.54. The smallest absolute Gasteiger partial charge is 0.273 e. The highest BCUT2D eigenvalue weighted by Gasteiger charge is 2.28. The molecule has 0 spiro atoms. The molecule has 4 bridgehead atoms. The summed E-state index contributed by atoms with van der Waals surface area (Å²) in [5.41, 5.74) is 1.22. The Kier molecular flexibility index (Phi) is 9.87. The minimum atomic E-state index is -0.686. The van der Waals surface area contributed by atoms with Crippen molar-refractivity contribution in [1.82, 2.24) is 30.8 Å². The van der Waals surface area contributed by atoms with Gasteiger partial charge in [0.05, 0.1) is 12.6 Å². The number of hydrogen-bond donors (Lipinski definition) is 3. The van der Waals surface area contributed by atoms with Gasteiger partial charge in [-0.3, -0.25) is 19.2 Å². The molecular weight excluding hydrogens is 544 g/mol. The van der Waals surface area contributed by atoms with Crippen molar-refractivity contribution < 1.29 is 23.6 Å². The maximum atomic E-state index is 13.2. The van der Waals surface area contributed by atoms with Crippen LogP contribution in [0.4, 0.5) is 0 Å². The molecule has 4 rings (SSSR count). The van der Waals surface area contributed by atoms with E-state index in [4.69, 9.17) is 4.42 Å². The summed E-state index contributed by atoms with van der Waals surface area (Å²) in [6, 6.07) is 8.40. The number of rotatable bonds is 5. The second-order valence-corrected chi connectivity index (χ2v) is 11.7. The second-order valence-electron chi connectivity index (χ2n) is 10.8. The Morgan fingerprint density at radius 1 is 1.02 bits per heavy atom. The summed E-state index contributed by atoms with van der Waals surface area (Å²) < 4.78 is 5.72. The lowest BCUT2D eigenvalue weighted by atomic mass is 10.0. The summed E-state index contributed by atoms with van der Waals surface area (Å²) in [5, 5.41) is 11.0. The van der Waals surface area contributed by atoms with Crippen molar-refractivity contribution in [3.8, 4) is 0 Å². The third kappa shape index (κ3) is 8.00. The highest BCUT2D eigenvalue weighted by molar-refractivity contribution is 7.09. The van der Waals surface area contributed by atoms with Gasteiger partial charge in [-0.05, 0) is 17.9 Å². The molecule has 0 saturated carbocycles. The fraction of sp³-hybridized carbons (Fsp3) is 0.448. The molecule has 3 N–H and O–H groups in total. The standard InChI is InChI=1S/C29H36N6O5S/c1-17(2)12-21-28-34-23(16-41-28)25(37)30-10-11-35(29(39)18(3)4)14-24(36)31-20(13-19-8-6-5-7-9-19)27-33-22(15-40-27)26(38)32-21/h5-9,15-18,20-21H,10-14H2,1-4H3,(H,30,37)(H,31,36)(H,32,38)/t20-,21-/m0/s1. The lowest BCUT2D eigenvalue weighted by Gasteiger charge is -2.25. The van der Waals surface area contributed by atoms with E-state index in [0.717, 1.165) is 5.56 Å². The van der Waals surface area contributed by atoms with Gasteiger partial charge in [0, 0.05) is 30.8 Å². The molecule has 3 aromatic rings. The first-order valence-corrected chi connectivity index (χ1v) is 14.6. The van der Waals surface area contributed by atoms with Gasteiger partial charge in [0.2, 0.25) is 17.7 Å². The van der Waals surface area contributed by atoms with Crippen LogP contribution in [0, 0.1) is 11.8 Å². The fourth-order valence-electron chi connectivity index (χ4n) is 4.52. The number of hydrogen-bond acceptors (Lipinski definition) is 8. The topological polar surface area (TPSA) is 147 Å².